The molecule has 1 atom stereocenters. The lowest BCUT2D eigenvalue weighted by atomic mass is 10.1. The third kappa shape index (κ3) is 3.22. The predicted octanol–water partition coefficient (Wildman–Crippen LogP) is 1.59. The zero-order valence-electron chi connectivity index (χ0n) is 8.72. The molecule has 3 heteroatoms. The molecule has 72 valence electrons. The van der Waals surface area contributed by atoms with Crippen LogP contribution in [-0.2, 0) is 4.74 Å². The van der Waals surface area contributed by atoms with E-state index in [-0.39, 0.29) is 6.10 Å². The first-order chi connectivity index (χ1) is 5.50. The third-order valence-electron chi connectivity index (χ3n) is 1.70. The lowest BCUT2D eigenvalue weighted by Crippen LogP contribution is -2.38. The molecule has 1 unspecified atom stereocenters. The van der Waals surface area contributed by atoms with Gasteiger partial charge in [-0.1, -0.05) is 13.8 Å². The van der Waals surface area contributed by atoms with Gasteiger partial charge in [-0.15, -0.1) is 0 Å². The minimum absolute atomic E-state index is 0.0648. The van der Waals surface area contributed by atoms with Crippen LogP contribution in [0.25, 0.3) is 0 Å². The lowest BCUT2D eigenvalue weighted by molar-refractivity contribution is 0.0707. The van der Waals surface area contributed by atoms with Crippen LogP contribution in [0.1, 0.15) is 20.8 Å². The quantitative estimate of drug-likeness (QED) is 0.516. The first-order valence-electron chi connectivity index (χ1n) is 4.38. The molecule has 12 heavy (non-hydrogen) atoms. The van der Waals surface area contributed by atoms with Gasteiger partial charge in [0, 0.05) is 20.7 Å². The lowest BCUT2D eigenvalue weighted by Gasteiger charge is -2.26. The van der Waals surface area contributed by atoms with Crippen LogP contribution < -0.4 is 0 Å². The molecule has 0 aliphatic carbocycles. The Bertz CT molecular complexity index is 143. The SMILES string of the molecule is CCOC(C(=N)N(C)C)C(C)C. The Morgan fingerprint density at radius 3 is 2.17 bits per heavy atom. The van der Waals surface area contributed by atoms with Crippen molar-refractivity contribution in [3.63, 3.8) is 0 Å². The van der Waals surface area contributed by atoms with Crippen LogP contribution in [0, 0.1) is 11.3 Å². The molecule has 0 aliphatic rings. The number of amidine groups is 1. The normalized spacial score (nSPS) is 13.2. The molecule has 3 nitrogen and oxygen atoms in total. The third-order valence-corrected chi connectivity index (χ3v) is 1.70. The van der Waals surface area contributed by atoms with Gasteiger partial charge in [0.1, 0.15) is 11.9 Å². The molecule has 0 aromatic rings. The minimum atomic E-state index is -0.0648. The van der Waals surface area contributed by atoms with Gasteiger partial charge in [0.15, 0.2) is 0 Å². The maximum atomic E-state index is 7.74. The summed E-state index contributed by atoms with van der Waals surface area (Å²) in [6.07, 6.45) is -0.0648. The molecule has 0 amide bonds. The number of nitrogens with zero attached hydrogens (tertiary/aromatic N) is 1. The van der Waals surface area contributed by atoms with E-state index in [1.807, 2.05) is 21.0 Å². The van der Waals surface area contributed by atoms with E-state index in [0.717, 1.165) is 0 Å². The number of hydrogen-bond acceptors (Lipinski definition) is 2. The number of likely N-dealkylation sites (N-methyl/N-ethyl adjacent to an activating group) is 1. The Morgan fingerprint density at radius 2 is 1.92 bits per heavy atom. The molecular formula is C9H20N2O. The second-order valence-electron chi connectivity index (χ2n) is 3.40. The van der Waals surface area contributed by atoms with E-state index in [4.69, 9.17) is 10.1 Å². The number of ether oxygens (including phenoxy) is 1. The van der Waals surface area contributed by atoms with Crippen LogP contribution in [0.5, 0.6) is 0 Å². The topological polar surface area (TPSA) is 36.3 Å². The van der Waals surface area contributed by atoms with Crippen molar-refractivity contribution in [2.24, 2.45) is 5.92 Å². The first kappa shape index (κ1) is 11.4. The summed E-state index contributed by atoms with van der Waals surface area (Å²) in [6, 6.07) is 0. The molecule has 0 saturated heterocycles. The molecule has 0 rings (SSSR count). The van der Waals surface area contributed by atoms with Crippen molar-refractivity contribution in [3.05, 3.63) is 0 Å². The monoisotopic (exact) mass is 172 g/mol. The van der Waals surface area contributed by atoms with Gasteiger partial charge >= 0.3 is 0 Å². The highest BCUT2D eigenvalue weighted by atomic mass is 16.5. The van der Waals surface area contributed by atoms with Crippen LogP contribution >= 0.6 is 0 Å². The van der Waals surface area contributed by atoms with Crippen molar-refractivity contribution < 1.29 is 4.74 Å². The Morgan fingerprint density at radius 1 is 1.42 bits per heavy atom. The molecule has 0 bridgehead atoms. The van der Waals surface area contributed by atoms with Crippen molar-refractivity contribution in [3.8, 4) is 0 Å². The Hall–Kier alpha value is -0.570. The van der Waals surface area contributed by atoms with Gasteiger partial charge < -0.3 is 9.64 Å². The maximum Gasteiger partial charge on any atom is 0.125 e. The van der Waals surface area contributed by atoms with E-state index in [1.165, 1.54) is 0 Å². The highest BCUT2D eigenvalue weighted by Crippen LogP contribution is 2.08. The van der Waals surface area contributed by atoms with Crippen molar-refractivity contribution in [1.82, 2.24) is 4.90 Å². The summed E-state index contributed by atoms with van der Waals surface area (Å²) >= 11 is 0. The average molecular weight is 172 g/mol. The van der Waals surface area contributed by atoms with E-state index in [0.29, 0.717) is 18.4 Å². The van der Waals surface area contributed by atoms with E-state index in [2.05, 4.69) is 13.8 Å². The largest absolute Gasteiger partial charge is 0.370 e. The Kier molecular flexibility index (Phi) is 4.90. The summed E-state index contributed by atoms with van der Waals surface area (Å²) in [5.41, 5.74) is 0. The van der Waals surface area contributed by atoms with Crippen LogP contribution in [0.3, 0.4) is 0 Å². The minimum Gasteiger partial charge on any atom is -0.370 e. The van der Waals surface area contributed by atoms with Gasteiger partial charge in [-0.2, -0.15) is 0 Å². The van der Waals surface area contributed by atoms with E-state index in [1.54, 1.807) is 4.90 Å². The average Bonchev–Trinajstić information content (AvgIpc) is 1.98. The van der Waals surface area contributed by atoms with Crippen LogP contribution in [-0.4, -0.2) is 37.5 Å². The van der Waals surface area contributed by atoms with Gasteiger partial charge in [0.05, 0.1) is 0 Å². The number of hydrogen-bond donors (Lipinski definition) is 1. The second kappa shape index (κ2) is 5.14. The summed E-state index contributed by atoms with van der Waals surface area (Å²) in [5.74, 6) is 0.909. The molecule has 0 radical (unpaired) electrons. The smallest absolute Gasteiger partial charge is 0.125 e. The summed E-state index contributed by atoms with van der Waals surface area (Å²) in [5, 5.41) is 7.74. The zero-order chi connectivity index (χ0) is 9.72. The molecule has 0 aromatic carbocycles. The fraction of sp³-hybridized carbons (Fsp3) is 0.889. The van der Waals surface area contributed by atoms with Crippen LogP contribution in [0.2, 0.25) is 0 Å². The number of nitrogens with one attached hydrogen (secondary N) is 1. The van der Waals surface area contributed by atoms with Crippen LogP contribution in [0.4, 0.5) is 0 Å². The van der Waals surface area contributed by atoms with Gasteiger partial charge in [-0.25, -0.2) is 0 Å². The zero-order valence-corrected chi connectivity index (χ0v) is 8.72. The molecule has 0 saturated carbocycles. The molecule has 0 aliphatic heterocycles. The molecular weight excluding hydrogens is 152 g/mol. The Labute approximate surface area is 75.2 Å². The summed E-state index contributed by atoms with van der Waals surface area (Å²) in [6.45, 7) is 6.76. The fourth-order valence-electron chi connectivity index (χ4n) is 1.02. The van der Waals surface area contributed by atoms with Crippen molar-refractivity contribution >= 4 is 5.84 Å². The van der Waals surface area contributed by atoms with Gasteiger partial charge in [-0.05, 0) is 12.8 Å². The molecule has 0 spiro atoms. The van der Waals surface area contributed by atoms with Crippen molar-refractivity contribution in [2.45, 2.75) is 26.9 Å². The van der Waals surface area contributed by atoms with Crippen LogP contribution in [0.15, 0.2) is 0 Å². The van der Waals surface area contributed by atoms with Gasteiger partial charge in [-0.3, -0.25) is 5.41 Å². The van der Waals surface area contributed by atoms with Gasteiger partial charge in [0.2, 0.25) is 0 Å². The van der Waals surface area contributed by atoms with Crippen molar-refractivity contribution in [1.29, 1.82) is 5.41 Å². The number of rotatable bonds is 4. The van der Waals surface area contributed by atoms with E-state index in [9.17, 15) is 0 Å². The highest BCUT2D eigenvalue weighted by molar-refractivity contribution is 5.83. The molecule has 0 aromatic heterocycles. The summed E-state index contributed by atoms with van der Waals surface area (Å²) < 4.78 is 5.46. The van der Waals surface area contributed by atoms with Gasteiger partial charge in [0.25, 0.3) is 0 Å². The molecule has 0 fully saturated rings. The summed E-state index contributed by atoms with van der Waals surface area (Å²) in [4.78, 5) is 1.79. The van der Waals surface area contributed by atoms with E-state index >= 15 is 0 Å². The highest BCUT2D eigenvalue weighted by Gasteiger charge is 2.19. The van der Waals surface area contributed by atoms with Crippen molar-refractivity contribution in [2.75, 3.05) is 20.7 Å². The fourth-order valence-corrected chi connectivity index (χ4v) is 1.02. The summed E-state index contributed by atoms with van der Waals surface area (Å²) in [7, 11) is 3.74. The Balaban J connectivity index is 4.19. The standard InChI is InChI=1S/C9H20N2O/c1-6-12-8(7(2)3)9(10)11(4)5/h7-8,10H,6H2,1-5H3. The predicted molar refractivity (Wildman–Crippen MR) is 51.7 cm³/mol. The maximum absolute atomic E-state index is 7.74. The molecule has 0 heterocycles. The van der Waals surface area contributed by atoms with E-state index < -0.39 is 0 Å². The molecule has 1 N–H and O–H groups in total. The second-order valence-corrected chi connectivity index (χ2v) is 3.40. The first-order valence-corrected chi connectivity index (χ1v) is 4.38.